The molecule has 0 fully saturated rings. The van der Waals surface area contributed by atoms with Crippen LogP contribution in [0.3, 0.4) is 0 Å². The second kappa shape index (κ2) is 5.05. The van der Waals surface area contributed by atoms with Crippen molar-refractivity contribution in [3.05, 3.63) is 34.8 Å². The summed E-state index contributed by atoms with van der Waals surface area (Å²) in [4.78, 5) is 15.5. The molecule has 20 heavy (non-hydrogen) atoms. The molecule has 0 unspecified atom stereocenters. The first-order chi connectivity index (χ1) is 9.72. The predicted octanol–water partition coefficient (Wildman–Crippen LogP) is 1.19. The van der Waals surface area contributed by atoms with Crippen LogP contribution >= 0.6 is 0 Å². The molecule has 6 heteroatoms. The molecule has 0 aromatic carbocycles. The van der Waals surface area contributed by atoms with E-state index in [1.807, 2.05) is 6.07 Å². The van der Waals surface area contributed by atoms with Gasteiger partial charge < -0.3 is 10.2 Å². The highest BCUT2D eigenvalue weighted by molar-refractivity contribution is 5.90. The predicted molar refractivity (Wildman–Crippen MR) is 71.6 cm³/mol. The van der Waals surface area contributed by atoms with Gasteiger partial charge in [-0.1, -0.05) is 0 Å². The molecule has 2 heterocycles. The topological polar surface area (TPSA) is 99.1 Å². The van der Waals surface area contributed by atoms with Gasteiger partial charge in [0.1, 0.15) is 5.69 Å². The minimum atomic E-state index is -0.975. The molecular weight excluding hydrogens is 258 g/mol. The van der Waals surface area contributed by atoms with Crippen molar-refractivity contribution in [2.24, 2.45) is 0 Å². The van der Waals surface area contributed by atoms with Crippen molar-refractivity contribution in [2.45, 2.75) is 25.7 Å². The molecule has 104 valence electrons. The molecule has 1 aliphatic carbocycles. The molecule has 0 atom stereocenters. The Bertz CT molecular complexity index is 664. The van der Waals surface area contributed by atoms with Gasteiger partial charge in [0, 0.05) is 29.6 Å². The first-order valence-electron chi connectivity index (χ1n) is 6.61. The van der Waals surface area contributed by atoms with Gasteiger partial charge in [0.05, 0.1) is 5.69 Å². The van der Waals surface area contributed by atoms with Crippen molar-refractivity contribution in [2.75, 3.05) is 6.61 Å². The van der Waals surface area contributed by atoms with Crippen molar-refractivity contribution in [1.29, 1.82) is 0 Å². The zero-order valence-electron chi connectivity index (χ0n) is 10.9. The molecule has 0 radical (unpaired) electrons. The van der Waals surface area contributed by atoms with E-state index in [0.29, 0.717) is 12.8 Å². The SMILES string of the molecule is O=C(O)c1[nH]nc2c1CCc1c-2ccnc1CCCO. The first kappa shape index (κ1) is 12.8. The van der Waals surface area contributed by atoms with Gasteiger partial charge in [0.25, 0.3) is 0 Å². The molecule has 0 saturated carbocycles. The van der Waals surface area contributed by atoms with Gasteiger partial charge in [-0.05, 0) is 37.3 Å². The third-order valence-corrected chi connectivity index (χ3v) is 3.68. The van der Waals surface area contributed by atoms with Crippen LogP contribution in [-0.2, 0) is 19.3 Å². The number of hydrogen-bond donors (Lipinski definition) is 3. The van der Waals surface area contributed by atoms with Gasteiger partial charge in [0.2, 0.25) is 0 Å². The normalized spacial score (nSPS) is 12.8. The van der Waals surface area contributed by atoms with Crippen LogP contribution in [0.4, 0.5) is 0 Å². The largest absolute Gasteiger partial charge is 0.477 e. The van der Waals surface area contributed by atoms with Crippen LogP contribution in [-0.4, -0.2) is 38.0 Å². The number of carboxylic acid groups (broad SMARTS) is 1. The number of aliphatic hydroxyl groups excluding tert-OH is 1. The second-order valence-corrected chi connectivity index (χ2v) is 4.84. The number of nitrogens with one attached hydrogen (secondary N) is 1. The fourth-order valence-electron chi connectivity index (χ4n) is 2.76. The quantitative estimate of drug-likeness (QED) is 0.777. The number of H-pyrrole nitrogens is 1. The van der Waals surface area contributed by atoms with E-state index in [9.17, 15) is 4.79 Å². The molecule has 0 bridgehead atoms. The lowest BCUT2D eigenvalue weighted by Gasteiger charge is -2.18. The molecule has 0 saturated heterocycles. The van der Waals surface area contributed by atoms with E-state index in [-0.39, 0.29) is 12.3 Å². The van der Waals surface area contributed by atoms with Gasteiger partial charge in [-0.3, -0.25) is 10.1 Å². The molecule has 0 aliphatic heterocycles. The number of carboxylic acids is 1. The van der Waals surface area contributed by atoms with E-state index in [1.165, 1.54) is 0 Å². The summed E-state index contributed by atoms with van der Waals surface area (Å²) in [5.74, 6) is -0.975. The molecular formula is C14H15N3O3. The van der Waals surface area contributed by atoms with E-state index >= 15 is 0 Å². The Hall–Kier alpha value is -2.21. The summed E-state index contributed by atoms with van der Waals surface area (Å²) in [7, 11) is 0. The third kappa shape index (κ3) is 1.98. The number of aromatic nitrogens is 3. The molecule has 0 amide bonds. The molecule has 3 N–H and O–H groups in total. The number of fused-ring (bicyclic) bond motifs is 3. The minimum Gasteiger partial charge on any atom is -0.477 e. The molecule has 6 nitrogen and oxygen atoms in total. The highest BCUT2D eigenvalue weighted by Crippen LogP contribution is 2.34. The van der Waals surface area contributed by atoms with Crippen LogP contribution in [0.2, 0.25) is 0 Å². The van der Waals surface area contributed by atoms with Gasteiger partial charge in [-0.25, -0.2) is 4.79 Å². The van der Waals surface area contributed by atoms with Gasteiger partial charge in [0.15, 0.2) is 0 Å². The Morgan fingerprint density at radius 3 is 2.90 bits per heavy atom. The summed E-state index contributed by atoms with van der Waals surface area (Å²) in [5, 5.41) is 24.8. The summed E-state index contributed by atoms with van der Waals surface area (Å²) < 4.78 is 0. The zero-order chi connectivity index (χ0) is 14.1. The highest BCUT2D eigenvalue weighted by atomic mass is 16.4. The second-order valence-electron chi connectivity index (χ2n) is 4.84. The third-order valence-electron chi connectivity index (χ3n) is 3.68. The Morgan fingerprint density at radius 1 is 1.35 bits per heavy atom. The number of aryl methyl sites for hydroxylation is 1. The maximum atomic E-state index is 11.1. The fourth-order valence-corrected chi connectivity index (χ4v) is 2.76. The van der Waals surface area contributed by atoms with Crippen molar-refractivity contribution >= 4 is 5.97 Å². The number of aromatic amines is 1. The first-order valence-corrected chi connectivity index (χ1v) is 6.61. The summed E-state index contributed by atoms with van der Waals surface area (Å²) in [5.41, 5.74) is 4.72. The average Bonchev–Trinajstić information content (AvgIpc) is 2.89. The lowest BCUT2D eigenvalue weighted by molar-refractivity contribution is 0.0689. The molecule has 2 aromatic rings. The molecule has 3 rings (SSSR count). The van der Waals surface area contributed by atoms with Crippen LogP contribution in [0, 0.1) is 0 Å². The molecule has 0 spiro atoms. The lowest BCUT2D eigenvalue weighted by atomic mass is 9.87. The van der Waals surface area contributed by atoms with Crippen LogP contribution in [0.1, 0.15) is 33.7 Å². The maximum absolute atomic E-state index is 11.1. The van der Waals surface area contributed by atoms with Crippen molar-refractivity contribution in [3.63, 3.8) is 0 Å². The van der Waals surface area contributed by atoms with Gasteiger partial charge >= 0.3 is 5.97 Å². The van der Waals surface area contributed by atoms with Crippen LogP contribution < -0.4 is 0 Å². The monoisotopic (exact) mass is 273 g/mol. The van der Waals surface area contributed by atoms with Crippen molar-refractivity contribution < 1.29 is 15.0 Å². The number of aromatic carboxylic acids is 1. The molecule has 1 aliphatic rings. The van der Waals surface area contributed by atoms with Crippen molar-refractivity contribution in [3.8, 4) is 11.3 Å². The van der Waals surface area contributed by atoms with E-state index in [2.05, 4.69) is 15.2 Å². The molecule has 2 aromatic heterocycles. The fraction of sp³-hybridized carbons (Fsp3) is 0.357. The number of rotatable bonds is 4. The Labute approximate surface area is 115 Å². The van der Waals surface area contributed by atoms with Crippen LogP contribution in [0.25, 0.3) is 11.3 Å². The zero-order valence-corrected chi connectivity index (χ0v) is 10.9. The van der Waals surface area contributed by atoms with E-state index in [0.717, 1.165) is 40.9 Å². The number of pyridine rings is 1. The maximum Gasteiger partial charge on any atom is 0.354 e. The summed E-state index contributed by atoms with van der Waals surface area (Å²) in [6, 6.07) is 1.88. The standard InChI is InChI=1S/C14H15N3O3/c18-7-1-2-11-8-3-4-10-12(9(8)5-6-15-11)16-17-13(10)14(19)20/h5-6,18H,1-4,7H2,(H,16,17)(H,19,20). The highest BCUT2D eigenvalue weighted by Gasteiger charge is 2.26. The summed E-state index contributed by atoms with van der Waals surface area (Å²) >= 11 is 0. The van der Waals surface area contributed by atoms with Crippen LogP contribution in [0.15, 0.2) is 12.3 Å². The number of aliphatic hydroxyl groups is 1. The summed E-state index contributed by atoms with van der Waals surface area (Å²) in [6.07, 6.45) is 4.53. The van der Waals surface area contributed by atoms with Crippen molar-refractivity contribution in [1.82, 2.24) is 15.2 Å². The van der Waals surface area contributed by atoms with Gasteiger partial charge in [-0.2, -0.15) is 5.10 Å². The lowest BCUT2D eigenvalue weighted by Crippen LogP contribution is -2.11. The Morgan fingerprint density at radius 2 is 2.15 bits per heavy atom. The number of hydrogen-bond acceptors (Lipinski definition) is 4. The van der Waals surface area contributed by atoms with E-state index < -0.39 is 5.97 Å². The van der Waals surface area contributed by atoms with Gasteiger partial charge in [-0.15, -0.1) is 0 Å². The number of carbonyl (C=O) groups is 1. The Kier molecular flexibility index (Phi) is 3.23. The van der Waals surface area contributed by atoms with E-state index in [4.69, 9.17) is 10.2 Å². The average molecular weight is 273 g/mol. The Balaban J connectivity index is 2.07. The smallest absolute Gasteiger partial charge is 0.354 e. The van der Waals surface area contributed by atoms with Crippen LogP contribution in [0.5, 0.6) is 0 Å². The summed E-state index contributed by atoms with van der Waals surface area (Å²) in [6.45, 7) is 0.141. The number of nitrogens with zero attached hydrogens (tertiary/aromatic N) is 2. The van der Waals surface area contributed by atoms with E-state index in [1.54, 1.807) is 6.20 Å². The minimum absolute atomic E-state index is 0.141.